The predicted octanol–water partition coefficient (Wildman–Crippen LogP) is 1.91. The van der Waals surface area contributed by atoms with E-state index in [0.717, 1.165) is 6.54 Å². The van der Waals surface area contributed by atoms with Crippen LogP contribution >= 0.6 is 0 Å². The molecule has 0 aromatic carbocycles. The Morgan fingerprint density at radius 1 is 1.44 bits per heavy atom. The van der Waals surface area contributed by atoms with Crippen LogP contribution < -0.4 is 11.1 Å². The number of carbonyl (C=O) groups is 1. The predicted molar refractivity (Wildman–Crippen MR) is 67.0 cm³/mol. The number of carbonyl (C=O) groups excluding carboxylic acids is 1. The average Bonchev–Trinajstić information content (AvgIpc) is 2.97. The van der Waals surface area contributed by atoms with E-state index in [0.29, 0.717) is 17.9 Å². The molecule has 1 saturated carbocycles. The van der Waals surface area contributed by atoms with Crippen molar-refractivity contribution < 1.29 is 4.79 Å². The fourth-order valence-corrected chi connectivity index (χ4v) is 2.31. The lowest BCUT2D eigenvalue weighted by Crippen LogP contribution is -2.40. The molecule has 1 atom stereocenters. The van der Waals surface area contributed by atoms with Gasteiger partial charge in [0.15, 0.2) is 0 Å². The van der Waals surface area contributed by atoms with E-state index in [1.165, 1.54) is 25.7 Å². The van der Waals surface area contributed by atoms with Crippen LogP contribution in [0.4, 0.5) is 0 Å². The van der Waals surface area contributed by atoms with E-state index in [-0.39, 0.29) is 11.8 Å². The highest BCUT2D eigenvalue weighted by Crippen LogP contribution is 2.48. The van der Waals surface area contributed by atoms with Crippen LogP contribution in [0, 0.1) is 17.3 Å². The van der Waals surface area contributed by atoms with Gasteiger partial charge in [-0.2, -0.15) is 0 Å². The highest BCUT2D eigenvalue weighted by atomic mass is 16.1. The molecule has 1 rings (SSSR count). The van der Waals surface area contributed by atoms with Crippen molar-refractivity contribution in [2.24, 2.45) is 23.0 Å². The number of nitrogens with one attached hydrogen (secondary N) is 1. The number of rotatable bonds is 7. The Bertz CT molecular complexity index is 234. The number of nitrogens with two attached hydrogens (primary N) is 1. The van der Waals surface area contributed by atoms with Gasteiger partial charge in [-0.25, -0.2) is 0 Å². The Hall–Kier alpha value is -0.570. The fraction of sp³-hybridized carbons (Fsp3) is 0.923. The molecule has 0 heterocycles. The Morgan fingerprint density at radius 2 is 2.06 bits per heavy atom. The molecule has 0 aromatic heterocycles. The first kappa shape index (κ1) is 13.5. The summed E-state index contributed by atoms with van der Waals surface area (Å²) in [5.74, 6) is 0.434. The van der Waals surface area contributed by atoms with Crippen molar-refractivity contribution in [1.29, 1.82) is 0 Å². The van der Waals surface area contributed by atoms with Crippen LogP contribution in [0.3, 0.4) is 0 Å². The van der Waals surface area contributed by atoms with Crippen molar-refractivity contribution in [2.75, 3.05) is 13.1 Å². The standard InChI is InChI=1S/C13H26N2O/c1-4-5-13(6-7-13)9-15-12(16)11(8-14)10(2)3/h10-11H,4-9,14H2,1-3H3,(H,15,16). The summed E-state index contributed by atoms with van der Waals surface area (Å²) in [5.41, 5.74) is 6.06. The van der Waals surface area contributed by atoms with E-state index in [9.17, 15) is 4.79 Å². The molecule has 0 aliphatic heterocycles. The number of amides is 1. The van der Waals surface area contributed by atoms with E-state index in [2.05, 4.69) is 26.1 Å². The van der Waals surface area contributed by atoms with Crippen LogP contribution in [-0.2, 0) is 4.79 Å². The summed E-state index contributed by atoms with van der Waals surface area (Å²) in [6.07, 6.45) is 4.99. The van der Waals surface area contributed by atoms with Crippen molar-refractivity contribution in [3.05, 3.63) is 0 Å². The van der Waals surface area contributed by atoms with Gasteiger partial charge in [-0.15, -0.1) is 0 Å². The lowest BCUT2D eigenvalue weighted by Gasteiger charge is -2.21. The second kappa shape index (κ2) is 5.67. The first-order chi connectivity index (χ1) is 7.54. The van der Waals surface area contributed by atoms with Gasteiger partial charge in [0.2, 0.25) is 5.91 Å². The van der Waals surface area contributed by atoms with Crippen LogP contribution in [0.5, 0.6) is 0 Å². The molecule has 0 radical (unpaired) electrons. The van der Waals surface area contributed by atoms with Gasteiger partial charge in [0.05, 0.1) is 5.92 Å². The van der Waals surface area contributed by atoms with Gasteiger partial charge in [-0.3, -0.25) is 4.79 Å². The number of hydrogen-bond acceptors (Lipinski definition) is 2. The maximum Gasteiger partial charge on any atom is 0.224 e. The Kier molecular flexibility index (Phi) is 4.78. The molecule has 3 nitrogen and oxygen atoms in total. The van der Waals surface area contributed by atoms with Gasteiger partial charge in [0.25, 0.3) is 0 Å². The van der Waals surface area contributed by atoms with Crippen LogP contribution in [0.15, 0.2) is 0 Å². The van der Waals surface area contributed by atoms with E-state index in [1.54, 1.807) is 0 Å². The van der Waals surface area contributed by atoms with Gasteiger partial charge in [0.1, 0.15) is 0 Å². The second-order valence-corrected chi connectivity index (χ2v) is 5.55. The zero-order chi connectivity index (χ0) is 12.2. The zero-order valence-electron chi connectivity index (χ0n) is 10.9. The van der Waals surface area contributed by atoms with Gasteiger partial charge >= 0.3 is 0 Å². The smallest absolute Gasteiger partial charge is 0.224 e. The second-order valence-electron chi connectivity index (χ2n) is 5.55. The molecule has 1 aliphatic carbocycles. The van der Waals surface area contributed by atoms with Crippen LogP contribution in [0.1, 0.15) is 46.5 Å². The van der Waals surface area contributed by atoms with E-state index in [1.807, 2.05) is 0 Å². The van der Waals surface area contributed by atoms with Crippen molar-refractivity contribution in [3.8, 4) is 0 Å². The van der Waals surface area contributed by atoms with Gasteiger partial charge in [0, 0.05) is 13.1 Å². The summed E-state index contributed by atoms with van der Waals surface area (Å²) in [5, 5.41) is 3.08. The quantitative estimate of drug-likeness (QED) is 0.697. The minimum absolute atomic E-state index is 0.0302. The molecule has 16 heavy (non-hydrogen) atoms. The van der Waals surface area contributed by atoms with Crippen molar-refractivity contribution in [1.82, 2.24) is 5.32 Å². The highest BCUT2D eigenvalue weighted by Gasteiger charge is 2.41. The lowest BCUT2D eigenvalue weighted by atomic mass is 9.94. The van der Waals surface area contributed by atoms with E-state index >= 15 is 0 Å². The Labute approximate surface area is 99.2 Å². The molecule has 0 bridgehead atoms. The highest BCUT2D eigenvalue weighted by molar-refractivity contribution is 5.79. The van der Waals surface area contributed by atoms with Crippen LogP contribution in [0.25, 0.3) is 0 Å². The first-order valence-electron chi connectivity index (χ1n) is 6.52. The third kappa shape index (κ3) is 3.48. The van der Waals surface area contributed by atoms with Gasteiger partial charge in [-0.1, -0.05) is 27.2 Å². The van der Waals surface area contributed by atoms with Gasteiger partial charge < -0.3 is 11.1 Å². The first-order valence-corrected chi connectivity index (χ1v) is 6.52. The third-order valence-electron chi connectivity index (χ3n) is 3.77. The summed E-state index contributed by atoms with van der Waals surface area (Å²) in [6.45, 7) is 7.61. The van der Waals surface area contributed by atoms with Crippen molar-refractivity contribution >= 4 is 5.91 Å². The molecule has 0 spiro atoms. The third-order valence-corrected chi connectivity index (χ3v) is 3.77. The molecule has 1 amide bonds. The monoisotopic (exact) mass is 226 g/mol. The normalized spacial score (nSPS) is 19.6. The Balaban J connectivity index is 2.34. The SMILES string of the molecule is CCCC1(CNC(=O)C(CN)C(C)C)CC1. The number of hydrogen-bond donors (Lipinski definition) is 2. The van der Waals surface area contributed by atoms with Gasteiger partial charge in [-0.05, 0) is 30.6 Å². The molecule has 1 aliphatic rings. The maximum atomic E-state index is 11.9. The summed E-state index contributed by atoms with van der Waals surface area (Å²) < 4.78 is 0. The average molecular weight is 226 g/mol. The largest absolute Gasteiger partial charge is 0.355 e. The molecule has 1 fully saturated rings. The van der Waals surface area contributed by atoms with Crippen LogP contribution in [0.2, 0.25) is 0 Å². The molecule has 94 valence electrons. The Morgan fingerprint density at radius 3 is 2.44 bits per heavy atom. The summed E-state index contributed by atoms with van der Waals surface area (Å²) in [4.78, 5) is 11.9. The maximum absolute atomic E-state index is 11.9. The molecular formula is C13H26N2O. The summed E-state index contributed by atoms with van der Waals surface area (Å²) in [6, 6.07) is 0. The lowest BCUT2D eigenvalue weighted by molar-refractivity contribution is -0.126. The van der Waals surface area contributed by atoms with Crippen molar-refractivity contribution in [3.63, 3.8) is 0 Å². The summed E-state index contributed by atoms with van der Waals surface area (Å²) in [7, 11) is 0. The zero-order valence-corrected chi connectivity index (χ0v) is 10.9. The molecule has 1 unspecified atom stereocenters. The molecule has 3 heteroatoms. The topological polar surface area (TPSA) is 55.1 Å². The molecule has 0 saturated heterocycles. The summed E-state index contributed by atoms with van der Waals surface area (Å²) >= 11 is 0. The molecule has 3 N–H and O–H groups in total. The minimum Gasteiger partial charge on any atom is -0.355 e. The molecular weight excluding hydrogens is 200 g/mol. The fourth-order valence-electron chi connectivity index (χ4n) is 2.31. The van der Waals surface area contributed by atoms with Crippen molar-refractivity contribution in [2.45, 2.75) is 46.5 Å². The molecule has 0 aromatic rings. The minimum atomic E-state index is -0.0302. The van der Waals surface area contributed by atoms with E-state index in [4.69, 9.17) is 5.73 Å². The van der Waals surface area contributed by atoms with E-state index < -0.39 is 0 Å². The van der Waals surface area contributed by atoms with Crippen LogP contribution in [-0.4, -0.2) is 19.0 Å².